The molecule has 0 spiro atoms. The minimum Gasteiger partial charge on any atom is -0.489 e. The van der Waals surface area contributed by atoms with Crippen LogP contribution in [0, 0.1) is 5.82 Å². The number of hydrogen-bond donors (Lipinski definition) is 2. The van der Waals surface area contributed by atoms with E-state index in [1.54, 1.807) is 19.2 Å². The molecule has 7 heteroatoms. The van der Waals surface area contributed by atoms with Gasteiger partial charge in [-0.15, -0.1) is 0 Å². The van der Waals surface area contributed by atoms with Gasteiger partial charge in [0.15, 0.2) is 5.96 Å². The van der Waals surface area contributed by atoms with Crippen LogP contribution in [0.2, 0.25) is 0 Å². The number of likely N-dealkylation sites (tertiary alicyclic amines) is 1. The molecule has 1 saturated heterocycles. The maximum atomic E-state index is 13.4. The van der Waals surface area contributed by atoms with Crippen LogP contribution in [0.4, 0.5) is 4.39 Å². The third-order valence-corrected chi connectivity index (χ3v) is 5.37. The average molecular weight is 427 g/mol. The van der Waals surface area contributed by atoms with Gasteiger partial charge in [-0.2, -0.15) is 0 Å². The molecule has 1 heterocycles. The molecule has 31 heavy (non-hydrogen) atoms. The highest BCUT2D eigenvalue weighted by atomic mass is 19.1. The van der Waals surface area contributed by atoms with Crippen LogP contribution in [0.25, 0.3) is 0 Å². The zero-order valence-electron chi connectivity index (χ0n) is 18.2. The van der Waals surface area contributed by atoms with E-state index in [0.717, 1.165) is 30.5 Å². The first-order valence-corrected chi connectivity index (χ1v) is 10.8. The van der Waals surface area contributed by atoms with Gasteiger partial charge in [0.1, 0.15) is 17.7 Å². The number of rotatable bonds is 9. The number of halogens is 1. The molecule has 166 valence electrons. The van der Waals surface area contributed by atoms with E-state index < -0.39 is 0 Å². The van der Waals surface area contributed by atoms with E-state index in [-0.39, 0.29) is 17.8 Å². The van der Waals surface area contributed by atoms with Crippen LogP contribution in [-0.2, 0) is 17.9 Å². The number of carbonyl (C=O) groups is 1. The summed E-state index contributed by atoms with van der Waals surface area (Å²) in [5.41, 5.74) is 2.27. The topological polar surface area (TPSA) is 66.0 Å². The fourth-order valence-electron chi connectivity index (χ4n) is 3.57. The van der Waals surface area contributed by atoms with Crippen LogP contribution < -0.4 is 15.4 Å². The summed E-state index contributed by atoms with van der Waals surface area (Å²) in [4.78, 5) is 18.2. The van der Waals surface area contributed by atoms with Crippen LogP contribution in [0.5, 0.6) is 5.75 Å². The van der Waals surface area contributed by atoms with Crippen molar-refractivity contribution in [3.63, 3.8) is 0 Å². The van der Waals surface area contributed by atoms with Crippen molar-refractivity contribution in [2.75, 3.05) is 20.1 Å². The number of nitrogens with zero attached hydrogens (tertiary/aromatic N) is 2. The Morgan fingerprint density at radius 3 is 2.68 bits per heavy atom. The molecule has 3 rings (SSSR count). The van der Waals surface area contributed by atoms with Crippen molar-refractivity contribution in [1.29, 1.82) is 0 Å². The largest absolute Gasteiger partial charge is 0.489 e. The Morgan fingerprint density at radius 1 is 1.19 bits per heavy atom. The van der Waals surface area contributed by atoms with Gasteiger partial charge in [0.25, 0.3) is 0 Å². The van der Waals surface area contributed by atoms with Gasteiger partial charge in [0.05, 0.1) is 6.54 Å². The number of ether oxygens (including phenoxy) is 1. The summed E-state index contributed by atoms with van der Waals surface area (Å²) in [5, 5.41) is 6.62. The van der Waals surface area contributed by atoms with Crippen LogP contribution in [0.3, 0.4) is 0 Å². The van der Waals surface area contributed by atoms with Crippen molar-refractivity contribution >= 4 is 11.9 Å². The number of nitrogens with one attached hydrogen (secondary N) is 2. The molecule has 1 aliphatic heterocycles. The second kappa shape index (κ2) is 11.3. The molecule has 2 aromatic rings. The highest BCUT2D eigenvalue weighted by molar-refractivity contribution is 5.79. The van der Waals surface area contributed by atoms with Gasteiger partial charge < -0.3 is 20.3 Å². The molecule has 2 N–H and O–H groups in total. The molecule has 1 aliphatic rings. The number of aliphatic imine (C=N–C) groups is 1. The molecule has 1 unspecified atom stereocenters. The predicted molar refractivity (Wildman–Crippen MR) is 120 cm³/mol. The molecular weight excluding hydrogens is 395 g/mol. The zero-order chi connectivity index (χ0) is 22.1. The van der Waals surface area contributed by atoms with Gasteiger partial charge in [-0.3, -0.25) is 9.79 Å². The SMILES string of the molecule is CCC(CNC(=NC)NCc1ccccc1CN1CCCC1=O)Oc1cccc(F)c1. The Bertz CT molecular complexity index is 903. The molecular formula is C24H31FN4O2. The Hall–Kier alpha value is -3.09. The molecule has 0 saturated carbocycles. The third-order valence-electron chi connectivity index (χ3n) is 5.37. The predicted octanol–water partition coefficient (Wildman–Crippen LogP) is 3.47. The maximum absolute atomic E-state index is 13.4. The van der Waals surface area contributed by atoms with E-state index >= 15 is 0 Å². The molecule has 0 radical (unpaired) electrons. The van der Waals surface area contributed by atoms with Crippen LogP contribution in [0.1, 0.15) is 37.3 Å². The van der Waals surface area contributed by atoms with Crippen LogP contribution in [-0.4, -0.2) is 43.0 Å². The van der Waals surface area contributed by atoms with Crippen molar-refractivity contribution in [2.45, 2.75) is 45.4 Å². The van der Waals surface area contributed by atoms with Crippen molar-refractivity contribution < 1.29 is 13.9 Å². The maximum Gasteiger partial charge on any atom is 0.222 e. The van der Waals surface area contributed by atoms with Gasteiger partial charge in [0, 0.05) is 39.2 Å². The monoisotopic (exact) mass is 426 g/mol. The molecule has 0 bridgehead atoms. The van der Waals surface area contributed by atoms with E-state index in [0.29, 0.717) is 37.8 Å². The quantitative estimate of drug-likeness (QED) is 0.476. The first kappa shape index (κ1) is 22.6. The Labute approximate surface area is 183 Å². The summed E-state index contributed by atoms with van der Waals surface area (Å²) in [6.07, 6.45) is 2.24. The third kappa shape index (κ3) is 6.70. The van der Waals surface area contributed by atoms with Crippen molar-refractivity contribution in [2.24, 2.45) is 4.99 Å². The molecule has 0 aliphatic carbocycles. The van der Waals surface area contributed by atoms with Gasteiger partial charge in [-0.05, 0) is 36.1 Å². The summed E-state index contributed by atoms with van der Waals surface area (Å²) < 4.78 is 19.3. The second-order valence-corrected chi connectivity index (χ2v) is 7.60. The molecule has 1 fully saturated rings. The van der Waals surface area contributed by atoms with E-state index in [2.05, 4.69) is 27.8 Å². The summed E-state index contributed by atoms with van der Waals surface area (Å²) in [6, 6.07) is 14.3. The number of guanidine groups is 1. The summed E-state index contributed by atoms with van der Waals surface area (Å²) >= 11 is 0. The fraction of sp³-hybridized carbons (Fsp3) is 0.417. The summed E-state index contributed by atoms with van der Waals surface area (Å²) in [7, 11) is 1.72. The van der Waals surface area contributed by atoms with Crippen LogP contribution >= 0.6 is 0 Å². The lowest BCUT2D eigenvalue weighted by Gasteiger charge is -2.21. The van der Waals surface area contributed by atoms with E-state index in [1.807, 2.05) is 24.0 Å². The van der Waals surface area contributed by atoms with Gasteiger partial charge in [-0.25, -0.2) is 4.39 Å². The fourth-order valence-corrected chi connectivity index (χ4v) is 3.57. The Balaban J connectivity index is 1.53. The molecule has 2 aromatic carbocycles. The van der Waals surface area contributed by atoms with Crippen molar-refractivity contribution in [3.05, 3.63) is 65.5 Å². The first-order valence-electron chi connectivity index (χ1n) is 10.8. The van der Waals surface area contributed by atoms with Gasteiger partial charge in [-0.1, -0.05) is 37.3 Å². The molecule has 6 nitrogen and oxygen atoms in total. The van der Waals surface area contributed by atoms with Crippen molar-refractivity contribution in [3.8, 4) is 5.75 Å². The summed E-state index contributed by atoms with van der Waals surface area (Å²) in [6.45, 7) is 4.63. The highest BCUT2D eigenvalue weighted by Crippen LogP contribution is 2.17. The highest BCUT2D eigenvalue weighted by Gasteiger charge is 2.21. The number of hydrogen-bond acceptors (Lipinski definition) is 3. The first-order chi connectivity index (χ1) is 15.1. The minimum atomic E-state index is -0.313. The normalized spacial score (nSPS) is 15.1. The number of benzene rings is 2. The number of amides is 1. The minimum absolute atomic E-state index is 0.117. The Kier molecular flexibility index (Phi) is 8.27. The molecule has 1 amide bonds. The lowest BCUT2D eigenvalue weighted by atomic mass is 10.1. The van der Waals surface area contributed by atoms with Crippen LogP contribution in [0.15, 0.2) is 53.5 Å². The van der Waals surface area contributed by atoms with E-state index in [1.165, 1.54) is 12.1 Å². The van der Waals surface area contributed by atoms with E-state index in [4.69, 9.17) is 4.74 Å². The van der Waals surface area contributed by atoms with Crippen molar-refractivity contribution in [1.82, 2.24) is 15.5 Å². The summed E-state index contributed by atoms with van der Waals surface area (Å²) in [5.74, 6) is 1.09. The van der Waals surface area contributed by atoms with E-state index in [9.17, 15) is 9.18 Å². The lowest BCUT2D eigenvalue weighted by Crippen LogP contribution is -2.42. The lowest BCUT2D eigenvalue weighted by molar-refractivity contribution is -0.128. The smallest absolute Gasteiger partial charge is 0.222 e. The number of carbonyl (C=O) groups excluding carboxylic acids is 1. The molecule has 0 aromatic heterocycles. The Morgan fingerprint density at radius 2 is 2.00 bits per heavy atom. The standard InChI is InChI=1S/C24H31FN4O2/c1-3-21(31-22-11-6-10-20(25)14-22)16-28-24(26-2)27-15-18-8-4-5-9-19(18)17-29-13-7-12-23(29)30/h4-6,8-11,14,21H,3,7,12-13,15-17H2,1-2H3,(H2,26,27,28). The zero-order valence-corrected chi connectivity index (χ0v) is 18.2. The second-order valence-electron chi connectivity index (χ2n) is 7.60. The molecule has 1 atom stereocenters. The average Bonchev–Trinajstić information content (AvgIpc) is 3.18. The van der Waals surface area contributed by atoms with Gasteiger partial charge in [0.2, 0.25) is 5.91 Å². The van der Waals surface area contributed by atoms with Gasteiger partial charge >= 0.3 is 0 Å².